The molecule has 6 fully saturated rings. The molecule has 0 aromatic heterocycles. The first-order valence-electron chi connectivity index (χ1n) is 12.0. The fourth-order valence-electron chi connectivity index (χ4n) is 10.5. The number of Topliss-reactive ketones (excluding diaryl/α,β-unsaturated/α-hetero) is 1. The Balaban J connectivity index is 1.65. The molecule has 6 rings (SSSR count). The van der Waals surface area contributed by atoms with Crippen molar-refractivity contribution in [2.24, 2.45) is 28.6 Å². The first-order valence-corrected chi connectivity index (χ1v) is 12.0. The molecule has 0 aromatic carbocycles. The van der Waals surface area contributed by atoms with Crippen molar-refractivity contribution in [3.8, 4) is 0 Å². The molecule has 2 spiro atoms. The zero-order chi connectivity index (χ0) is 22.0. The van der Waals surface area contributed by atoms with Gasteiger partial charge in [0.15, 0.2) is 5.78 Å². The van der Waals surface area contributed by atoms with Crippen molar-refractivity contribution in [1.29, 1.82) is 0 Å². The molecule has 0 radical (unpaired) electrons. The van der Waals surface area contributed by atoms with Gasteiger partial charge in [0.1, 0.15) is 6.10 Å². The minimum atomic E-state index is -1.10. The highest BCUT2D eigenvalue weighted by Gasteiger charge is 2.93. The maximum absolute atomic E-state index is 14.4. The van der Waals surface area contributed by atoms with Gasteiger partial charge in [-0.15, -0.1) is 0 Å². The maximum atomic E-state index is 14.4. The van der Waals surface area contributed by atoms with Crippen LogP contribution in [0, 0.1) is 28.6 Å². The highest BCUT2D eigenvalue weighted by Crippen LogP contribution is 2.84. The van der Waals surface area contributed by atoms with Crippen molar-refractivity contribution >= 4 is 5.78 Å². The summed E-state index contributed by atoms with van der Waals surface area (Å²) >= 11 is 0. The summed E-state index contributed by atoms with van der Waals surface area (Å²) in [6.07, 6.45) is 3.05. The topological polar surface area (TPSA) is 77.5 Å². The zero-order valence-electron chi connectivity index (χ0n) is 19.4. The predicted octanol–water partition coefficient (Wildman–Crippen LogP) is 1.26. The average Bonchev–Trinajstić information content (AvgIpc) is 3.29. The summed E-state index contributed by atoms with van der Waals surface area (Å²) in [6, 6.07) is 0.122. The van der Waals surface area contributed by atoms with E-state index < -0.39 is 22.5 Å². The van der Waals surface area contributed by atoms with E-state index in [1.807, 2.05) is 7.11 Å². The van der Waals surface area contributed by atoms with E-state index in [9.17, 15) is 9.90 Å². The van der Waals surface area contributed by atoms with Gasteiger partial charge in [0, 0.05) is 70.6 Å². The molecular formula is C24H37NO6. The van der Waals surface area contributed by atoms with E-state index in [-0.39, 0.29) is 47.4 Å². The molecule has 5 saturated carbocycles. The molecule has 1 aliphatic heterocycles. The Morgan fingerprint density at radius 2 is 1.90 bits per heavy atom. The van der Waals surface area contributed by atoms with Crippen molar-refractivity contribution in [3.05, 3.63) is 0 Å². The molecule has 1 heterocycles. The van der Waals surface area contributed by atoms with Crippen molar-refractivity contribution < 1.29 is 28.8 Å². The highest BCUT2D eigenvalue weighted by molar-refractivity contribution is 5.96. The fourth-order valence-corrected chi connectivity index (χ4v) is 10.5. The lowest BCUT2D eigenvalue weighted by atomic mass is 9.41. The Morgan fingerprint density at radius 1 is 1.13 bits per heavy atom. The molecule has 174 valence electrons. The van der Waals surface area contributed by atoms with E-state index >= 15 is 0 Å². The number of ketones is 1. The Bertz CT molecular complexity index is 807. The molecular weight excluding hydrogens is 398 g/mol. The van der Waals surface area contributed by atoms with Crippen LogP contribution in [0.5, 0.6) is 0 Å². The molecule has 7 bridgehead atoms. The van der Waals surface area contributed by atoms with Gasteiger partial charge in [-0.2, -0.15) is 0 Å². The minimum absolute atomic E-state index is 0.0170. The highest BCUT2D eigenvalue weighted by atomic mass is 16.5. The number of likely N-dealkylation sites (tertiary alicyclic amines) is 1. The van der Waals surface area contributed by atoms with Crippen molar-refractivity contribution in [1.82, 2.24) is 4.90 Å². The van der Waals surface area contributed by atoms with Crippen LogP contribution < -0.4 is 0 Å². The minimum Gasteiger partial charge on any atom is -0.388 e. The number of carbonyl (C=O) groups is 1. The number of ether oxygens (including phenoxy) is 4. The lowest BCUT2D eigenvalue weighted by Gasteiger charge is -2.68. The van der Waals surface area contributed by atoms with Gasteiger partial charge in [-0.25, -0.2) is 0 Å². The van der Waals surface area contributed by atoms with Gasteiger partial charge in [-0.3, -0.25) is 9.69 Å². The van der Waals surface area contributed by atoms with Gasteiger partial charge in [0.25, 0.3) is 0 Å². The zero-order valence-corrected chi connectivity index (χ0v) is 19.4. The summed E-state index contributed by atoms with van der Waals surface area (Å²) in [5.74, 6) is 0.291. The summed E-state index contributed by atoms with van der Waals surface area (Å²) < 4.78 is 24.3. The van der Waals surface area contributed by atoms with Gasteiger partial charge in [-0.1, -0.05) is 6.92 Å². The molecule has 0 aromatic rings. The first-order chi connectivity index (χ1) is 14.9. The summed E-state index contributed by atoms with van der Waals surface area (Å²) in [4.78, 5) is 16.9. The summed E-state index contributed by atoms with van der Waals surface area (Å²) in [5.41, 5.74) is -2.70. The quantitative estimate of drug-likeness (QED) is 0.697. The van der Waals surface area contributed by atoms with E-state index in [0.717, 1.165) is 32.4 Å². The van der Waals surface area contributed by atoms with Crippen molar-refractivity contribution in [3.63, 3.8) is 0 Å². The number of nitrogens with zero attached hydrogens (tertiary/aromatic N) is 1. The second-order valence-electron chi connectivity index (χ2n) is 11.1. The molecule has 0 amide bonds. The van der Waals surface area contributed by atoms with Crippen LogP contribution in [-0.4, -0.2) is 92.9 Å². The Hall–Kier alpha value is -0.570. The molecule has 1 saturated heterocycles. The normalized spacial score (nSPS) is 59.3. The number of likely N-dealkylation sites (N-methyl/N-ethyl adjacent to an activating group) is 1. The van der Waals surface area contributed by atoms with Crippen LogP contribution in [0.2, 0.25) is 0 Å². The largest absolute Gasteiger partial charge is 0.388 e. The van der Waals surface area contributed by atoms with Crippen LogP contribution in [0.1, 0.15) is 39.0 Å². The van der Waals surface area contributed by atoms with E-state index in [4.69, 9.17) is 18.9 Å². The van der Waals surface area contributed by atoms with Crippen LogP contribution in [0.25, 0.3) is 0 Å². The molecule has 7 heteroatoms. The number of rotatable bonds is 5. The SMILES string of the molecule is CCN1C[C@]2(OC)CCC(OC)C34[C@H]1C(C[C@@H]32)[C@@]1(O)C[C@H](OC)[C@H]2C[C@@]41C(=O)[C@H]2OC. The molecule has 11 atom stereocenters. The second-order valence-corrected chi connectivity index (χ2v) is 11.1. The third-order valence-electron chi connectivity index (χ3n) is 11.1. The molecule has 5 aliphatic carbocycles. The number of carbonyl (C=O) groups excluding carboxylic acids is 1. The number of fused-ring (bicyclic) bond motifs is 2. The Kier molecular flexibility index (Phi) is 4.27. The van der Waals surface area contributed by atoms with Gasteiger partial charge in [0.2, 0.25) is 0 Å². The first kappa shape index (κ1) is 21.0. The Morgan fingerprint density at radius 3 is 2.52 bits per heavy atom. The lowest BCUT2D eigenvalue weighted by Crippen LogP contribution is -2.77. The van der Waals surface area contributed by atoms with E-state index in [1.165, 1.54) is 0 Å². The predicted molar refractivity (Wildman–Crippen MR) is 112 cm³/mol. The summed E-state index contributed by atoms with van der Waals surface area (Å²) in [7, 11) is 6.96. The summed E-state index contributed by atoms with van der Waals surface area (Å²) in [6.45, 7) is 3.94. The van der Waals surface area contributed by atoms with Crippen LogP contribution in [0.4, 0.5) is 0 Å². The van der Waals surface area contributed by atoms with E-state index in [2.05, 4.69) is 11.8 Å². The molecule has 7 nitrogen and oxygen atoms in total. The number of methoxy groups -OCH3 is 4. The van der Waals surface area contributed by atoms with Gasteiger partial charge >= 0.3 is 0 Å². The lowest BCUT2D eigenvalue weighted by molar-refractivity contribution is -0.287. The van der Waals surface area contributed by atoms with Gasteiger partial charge in [-0.05, 0) is 32.2 Å². The van der Waals surface area contributed by atoms with Crippen molar-refractivity contribution in [2.75, 3.05) is 41.5 Å². The maximum Gasteiger partial charge on any atom is 0.171 e. The third-order valence-corrected chi connectivity index (χ3v) is 11.1. The number of hydrogen-bond donors (Lipinski definition) is 1. The van der Waals surface area contributed by atoms with Crippen molar-refractivity contribution in [2.45, 2.75) is 74.6 Å². The van der Waals surface area contributed by atoms with Gasteiger partial charge < -0.3 is 24.1 Å². The molecule has 31 heavy (non-hydrogen) atoms. The standard InChI is InChI=1S/C24H37NO6/c1-6-25-12-21(31-5)8-7-17(29-3)24-16(21)9-14(19(24)25)23(27)11-15(28-2)13-10-22(23,24)20(26)18(13)30-4/h13-19,27H,6-12H2,1-5H3/t13-,14?,15+,16-,17?,18+,19-,21-,22+,23+,24?/m1/s1. The number of piperidine rings is 1. The number of hydrogen-bond acceptors (Lipinski definition) is 7. The van der Waals surface area contributed by atoms with Crippen LogP contribution in [0.15, 0.2) is 0 Å². The molecule has 6 aliphatic rings. The van der Waals surface area contributed by atoms with Gasteiger partial charge in [0.05, 0.1) is 28.8 Å². The Labute approximate surface area is 184 Å². The second kappa shape index (κ2) is 6.30. The van der Waals surface area contributed by atoms with E-state index in [1.54, 1.807) is 21.3 Å². The average molecular weight is 436 g/mol. The third kappa shape index (κ3) is 1.85. The monoisotopic (exact) mass is 435 g/mol. The van der Waals surface area contributed by atoms with Crippen LogP contribution >= 0.6 is 0 Å². The van der Waals surface area contributed by atoms with Crippen LogP contribution in [-0.2, 0) is 23.7 Å². The smallest absolute Gasteiger partial charge is 0.171 e. The molecule has 1 N–H and O–H groups in total. The molecule has 3 unspecified atom stereocenters. The van der Waals surface area contributed by atoms with Crippen LogP contribution in [0.3, 0.4) is 0 Å². The van der Waals surface area contributed by atoms with E-state index in [0.29, 0.717) is 12.8 Å². The summed E-state index contributed by atoms with van der Waals surface area (Å²) in [5, 5.41) is 12.6. The fraction of sp³-hybridized carbons (Fsp3) is 0.958. The number of aliphatic hydroxyl groups is 1.